The molecule has 55 heavy (non-hydrogen) atoms. The summed E-state index contributed by atoms with van der Waals surface area (Å²) in [5, 5.41) is 20.9. The Morgan fingerprint density at radius 2 is 1.55 bits per heavy atom. The fourth-order valence-electron chi connectivity index (χ4n) is 6.04. The van der Waals surface area contributed by atoms with E-state index in [1.165, 1.54) is 10.8 Å². The molecule has 1 aliphatic carbocycles. The minimum absolute atomic E-state index is 0.0910. The van der Waals surface area contributed by atoms with Gasteiger partial charge in [-0.05, 0) is 105 Å². The van der Waals surface area contributed by atoms with E-state index in [1.807, 2.05) is 60.1 Å². The van der Waals surface area contributed by atoms with Gasteiger partial charge in [-0.15, -0.1) is 0 Å². The number of carbonyl (C=O) groups is 4. The number of nitrogens with zero attached hydrogens (tertiary/aromatic N) is 4. The Hall–Kier alpha value is -4.06. The molecule has 5 atom stereocenters. The van der Waals surface area contributed by atoms with Crippen LogP contribution in [0.2, 0.25) is 39.3 Å². The lowest BCUT2D eigenvalue weighted by Gasteiger charge is -2.38. The smallest absolute Gasteiger partial charge is 0.415 e. The number of anilines is 1. The molecule has 0 aromatic carbocycles. The molecule has 1 fully saturated rings. The second-order valence-corrected chi connectivity index (χ2v) is 27.9. The predicted molar refractivity (Wildman–Crippen MR) is 209 cm³/mol. The SMILES string of the molecule is CC(C)(C)OC(=O)N[C@H](C(=O)OC[C@H]1C[C@@](C#N)(c2ccc3c(NC(=O)OCOC(=O)C(C)(C)C)ncnn23)C(O[Si](C)(C)C)C1O[Si](C)(C)C)C(C)(C)C. The quantitative estimate of drug-likeness (QED) is 0.102. The largest absolute Gasteiger partial charge is 0.464 e. The van der Waals surface area contributed by atoms with Crippen molar-refractivity contribution in [2.24, 2.45) is 16.7 Å². The van der Waals surface area contributed by atoms with E-state index >= 15 is 0 Å². The van der Waals surface area contributed by atoms with Crippen LogP contribution in [-0.2, 0) is 42.8 Å². The number of hydrogen-bond acceptors (Lipinski definition) is 13. The van der Waals surface area contributed by atoms with Crippen LogP contribution < -0.4 is 10.6 Å². The molecule has 2 unspecified atom stereocenters. The second-order valence-electron chi connectivity index (χ2n) is 18.9. The lowest BCUT2D eigenvalue weighted by atomic mass is 9.81. The highest BCUT2D eigenvalue weighted by Gasteiger charge is 2.60. The molecule has 16 nitrogen and oxygen atoms in total. The molecule has 2 aromatic heterocycles. The van der Waals surface area contributed by atoms with Gasteiger partial charge in [-0.3, -0.25) is 10.1 Å². The van der Waals surface area contributed by atoms with E-state index in [9.17, 15) is 24.4 Å². The highest BCUT2D eigenvalue weighted by atomic mass is 28.4. The minimum atomic E-state index is -2.38. The molecule has 0 saturated heterocycles. The predicted octanol–water partition coefficient (Wildman–Crippen LogP) is 6.53. The molecular formula is C37H60N6O10Si2. The lowest BCUT2D eigenvalue weighted by Crippen LogP contribution is -2.52. The second kappa shape index (κ2) is 16.6. The standard InChI is InChI=1S/C37H60N6O10Si2/c1-34(2,3)27(41-33(47)51-36(7,8)9)30(44)48-19-23-18-37(20-38,28(53-55(13,14)15)26(23)52-54(10,11)12)25-17-16-24-29(39-21-40-43(24)25)42-32(46)50-22-49-31(45)35(4,5)6/h16-17,21,23,26-28H,18-19,22H2,1-15H3,(H,41,47)(H,39,40,42,46)/t23-,26?,27-,28?,37-/m1/s1. The summed E-state index contributed by atoms with van der Waals surface area (Å²) < 4.78 is 36.7. The molecular weight excluding hydrogens is 745 g/mol. The van der Waals surface area contributed by atoms with Crippen LogP contribution in [0, 0.1) is 28.1 Å². The maximum Gasteiger partial charge on any atom is 0.415 e. The number of nitriles is 1. The van der Waals surface area contributed by atoms with Gasteiger partial charge in [0.05, 0.1) is 36.0 Å². The Balaban J connectivity index is 2.02. The zero-order valence-electron chi connectivity index (χ0n) is 35.0. The average molecular weight is 805 g/mol. The number of nitrogens with one attached hydrogen (secondary N) is 2. The molecule has 2 heterocycles. The fourth-order valence-corrected chi connectivity index (χ4v) is 8.27. The van der Waals surface area contributed by atoms with Crippen molar-refractivity contribution < 1.29 is 47.0 Å². The van der Waals surface area contributed by atoms with E-state index in [0.717, 1.165) is 0 Å². The Morgan fingerprint density at radius 1 is 0.927 bits per heavy atom. The van der Waals surface area contributed by atoms with E-state index in [4.69, 9.17) is 27.8 Å². The lowest BCUT2D eigenvalue weighted by molar-refractivity contribution is -0.161. The van der Waals surface area contributed by atoms with Crippen molar-refractivity contribution in [2.45, 2.75) is 137 Å². The molecule has 1 aliphatic rings. The summed E-state index contributed by atoms with van der Waals surface area (Å²) >= 11 is 0. The highest BCUT2D eigenvalue weighted by molar-refractivity contribution is 6.70. The summed E-state index contributed by atoms with van der Waals surface area (Å²) in [6.07, 6.45) is -1.72. The molecule has 0 spiro atoms. The summed E-state index contributed by atoms with van der Waals surface area (Å²) in [7, 11) is -4.70. The van der Waals surface area contributed by atoms with Crippen LogP contribution in [0.1, 0.15) is 74.4 Å². The van der Waals surface area contributed by atoms with Crippen molar-refractivity contribution in [1.29, 1.82) is 5.26 Å². The van der Waals surface area contributed by atoms with Crippen molar-refractivity contribution >= 4 is 52.1 Å². The van der Waals surface area contributed by atoms with E-state index < -0.39 is 93.6 Å². The van der Waals surface area contributed by atoms with Crippen LogP contribution in [0.15, 0.2) is 18.5 Å². The van der Waals surface area contributed by atoms with Crippen molar-refractivity contribution in [3.8, 4) is 6.07 Å². The molecule has 2 amide bonds. The van der Waals surface area contributed by atoms with Crippen LogP contribution in [0.4, 0.5) is 15.4 Å². The number of carbonyl (C=O) groups excluding carboxylic acids is 4. The van der Waals surface area contributed by atoms with Crippen molar-refractivity contribution in [1.82, 2.24) is 19.9 Å². The number of fused-ring (bicyclic) bond motifs is 1. The van der Waals surface area contributed by atoms with E-state index in [1.54, 1.807) is 53.7 Å². The zero-order chi connectivity index (χ0) is 41.9. The third-order valence-corrected chi connectivity index (χ3v) is 10.3. The Bertz CT molecular complexity index is 1760. The maximum absolute atomic E-state index is 13.7. The first-order valence-corrected chi connectivity index (χ1v) is 25.2. The monoisotopic (exact) mass is 804 g/mol. The van der Waals surface area contributed by atoms with E-state index in [2.05, 4.69) is 26.8 Å². The van der Waals surface area contributed by atoms with Crippen LogP contribution in [-0.4, -0.2) is 92.6 Å². The van der Waals surface area contributed by atoms with Crippen molar-refractivity contribution in [3.05, 3.63) is 24.2 Å². The van der Waals surface area contributed by atoms with Gasteiger partial charge in [-0.2, -0.15) is 10.4 Å². The first-order valence-electron chi connectivity index (χ1n) is 18.3. The minimum Gasteiger partial charge on any atom is -0.464 e. The number of aromatic nitrogens is 3. The Labute approximate surface area is 326 Å². The molecule has 0 aliphatic heterocycles. The molecule has 306 valence electrons. The average Bonchev–Trinajstić information content (AvgIpc) is 3.56. The van der Waals surface area contributed by atoms with Gasteiger partial charge in [0, 0.05) is 5.92 Å². The fraction of sp³-hybridized carbons (Fsp3) is 0.703. The zero-order valence-corrected chi connectivity index (χ0v) is 37.0. The van der Waals surface area contributed by atoms with Gasteiger partial charge in [-0.1, -0.05) is 20.8 Å². The first-order chi connectivity index (χ1) is 25.0. The third kappa shape index (κ3) is 12.2. The molecule has 0 bridgehead atoms. The highest BCUT2D eigenvalue weighted by Crippen LogP contribution is 2.49. The van der Waals surface area contributed by atoms with Crippen LogP contribution in [0.25, 0.3) is 5.52 Å². The molecule has 0 radical (unpaired) electrons. The summed E-state index contributed by atoms with van der Waals surface area (Å²) in [6.45, 7) is 27.1. The van der Waals surface area contributed by atoms with Crippen LogP contribution >= 0.6 is 0 Å². The normalized spacial score (nSPS) is 21.3. The van der Waals surface area contributed by atoms with Crippen LogP contribution in [0.5, 0.6) is 0 Å². The summed E-state index contributed by atoms with van der Waals surface area (Å²) in [5.74, 6) is -1.60. The van der Waals surface area contributed by atoms with Crippen molar-refractivity contribution in [2.75, 3.05) is 18.7 Å². The molecule has 2 aromatic rings. The van der Waals surface area contributed by atoms with E-state index in [0.29, 0.717) is 11.2 Å². The van der Waals surface area contributed by atoms with Gasteiger partial charge in [-0.25, -0.2) is 23.9 Å². The van der Waals surface area contributed by atoms with Gasteiger partial charge in [0.1, 0.15) is 28.9 Å². The molecule has 3 rings (SSSR count). The molecule has 2 N–H and O–H groups in total. The number of hydrogen-bond donors (Lipinski definition) is 2. The Kier molecular flexibility index (Phi) is 13.7. The molecule has 18 heteroatoms. The van der Waals surface area contributed by atoms with Gasteiger partial charge in [0.15, 0.2) is 22.5 Å². The number of rotatable bonds is 12. The number of esters is 2. The number of ether oxygens (including phenoxy) is 4. The maximum atomic E-state index is 13.7. The summed E-state index contributed by atoms with van der Waals surface area (Å²) in [5.41, 5.74) is -2.81. The van der Waals surface area contributed by atoms with Gasteiger partial charge in [0.25, 0.3) is 0 Å². The number of alkyl carbamates (subject to hydrolysis) is 1. The summed E-state index contributed by atoms with van der Waals surface area (Å²) in [6, 6.07) is 4.93. The first kappa shape index (κ1) is 45.3. The topological polar surface area (TPSA) is 202 Å². The Morgan fingerprint density at radius 3 is 2.07 bits per heavy atom. The van der Waals surface area contributed by atoms with Gasteiger partial charge >= 0.3 is 24.1 Å². The third-order valence-electron chi connectivity index (χ3n) is 8.33. The van der Waals surface area contributed by atoms with Gasteiger partial charge in [0.2, 0.25) is 6.79 Å². The van der Waals surface area contributed by atoms with Gasteiger partial charge < -0.3 is 33.1 Å². The summed E-state index contributed by atoms with van der Waals surface area (Å²) in [4.78, 5) is 55.5. The van der Waals surface area contributed by atoms with Crippen molar-refractivity contribution in [3.63, 3.8) is 0 Å². The molecule has 1 saturated carbocycles. The number of amides is 2. The van der Waals surface area contributed by atoms with E-state index in [-0.39, 0.29) is 18.8 Å². The van der Waals surface area contributed by atoms with Crippen LogP contribution in [0.3, 0.4) is 0 Å².